The second-order valence-corrected chi connectivity index (χ2v) is 7.66. The van der Waals surface area contributed by atoms with Crippen LogP contribution in [0.5, 0.6) is 0 Å². The van der Waals surface area contributed by atoms with Crippen LogP contribution in [0, 0.1) is 0 Å². The Morgan fingerprint density at radius 1 is 1.03 bits per heavy atom. The number of hydrogen-bond acceptors (Lipinski definition) is 8. The Bertz CT molecular complexity index is 1240. The molecule has 0 radical (unpaired) electrons. The number of likely N-dealkylation sites (N-methyl/N-ethyl adjacent to an activating group) is 1. The van der Waals surface area contributed by atoms with Crippen molar-refractivity contribution in [3.63, 3.8) is 0 Å². The number of benzene rings is 1. The van der Waals surface area contributed by atoms with Crippen molar-refractivity contribution in [1.29, 1.82) is 0 Å². The van der Waals surface area contributed by atoms with Gasteiger partial charge in [0, 0.05) is 50.4 Å². The number of amides is 1. The van der Waals surface area contributed by atoms with Gasteiger partial charge in [0.1, 0.15) is 0 Å². The summed E-state index contributed by atoms with van der Waals surface area (Å²) in [6.07, 6.45) is 5.19. The van der Waals surface area contributed by atoms with E-state index in [4.69, 9.17) is 4.42 Å². The van der Waals surface area contributed by atoms with Gasteiger partial charge in [-0.3, -0.25) is 9.48 Å². The maximum absolute atomic E-state index is 12.6. The predicted molar refractivity (Wildman–Crippen MR) is 116 cm³/mol. The third-order valence-corrected chi connectivity index (χ3v) is 5.36. The molecule has 1 aliphatic heterocycles. The third-order valence-electron chi connectivity index (χ3n) is 5.36. The molecule has 10 heteroatoms. The predicted octanol–water partition coefficient (Wildman–Crippen LogP) is 2.02. The van der Waals surface area contributed by atoms with E-state index in [1.165, 1.54) is 6.20 Å². The minimum Gasteiger partial charge on any atom is -0.418 e. The lowest BCUT2D eigenvalue weighted by Crippen LogP contribution is -2.44. The molecule has 10 nitrogen and oxygen atoms in total. The zero-order valence-corrected chi connectivity index (χ0v) is 17.3. The first-order valence-corrected chi connectivity index (χ1v) is 10.0. The summed E-state index contributed by atoms with van der Waals surface area (Å²) in [5.41, 5.74) is 2.76. The van der Waals surface area contributed by atoms with Gasteiger partial charge < -0.3 is 19.5 Å². The number of piperazine rings is 1. The Hall–Kier alpha value is -3.79. The molecule has 1 aliphatic rings. The Kier molecular flexibility index (Phi) is 4.83. The van der Waals surface area contributed by atoms with Crippen molar-refractivity contribution in [2.45, 2.75) is 0 Å². The second-order valence-electron chi connectivity index (χ2n) is 7.66. The van der Waals surface area contributed by atoms with Crippen LogP contribution in [0.4, 0.5) is 11.8 Å². The molecule has 0 saturated carbocycles. The maximum Gasteiger partial charge on any atom is 0.298 e. The first-order valence-electron chi connectivity index (χ1n) is 10.0. The summed E-state index contributed by atoms with van der Waals surface area (Å²) < 4.78 is 7.44. The molecule has 1 amide bonds. The van der Waals surface area contributed by atoms with Crippen LogP contribution in [0.1, 0.15) is 10.6 Å². The lowest BCUT2D eigenvalue weighted by molar-refractivity contribution is 0.0996. The van der Waals surface area contributed by atoms with E-state index in [1.807, 2.05) is 36.3 Å². The number of aryl methyl sites for hydroxylation is 1. The summed E-state index contributed by atoms with van der Waals surface area (Å²) in [7, 11) is 3.96. The van der Waals surface area contributed by atoms with E-state index in [0.29, 0.717) is 11.8 Å². The van der Waals surface area contributed by atoms with Crippen molar-refractivity contribution in [3.8, 4) is 11.1 Å². The number of nitrogens with zero attached hydrogens (tertiary/aromatic N) is 7. The van der Waals surface area contributed by atoms with Crippen molar-refractivity contribution in [3.05, 3.63) is 48.6 Å². The van der Waals surface area contributed by atoms with Gasteiger partial charge in [-0.15, -0.1) is 10.2 Å². The number of rotatable bonds is 4. The van der Waals surface area contributed by atoms with Crippen LogP contribution in [0.2, 0.25) is 0 Å². The molecule has 0 atom stereocenters. The average Bonchev–Trinajstić information content (AvgIpc) is 3.43. The van der Waals surface area contributed by atoms with Gasteiger partial charge in [0.2, 0.25) is 5.76 Å². The molecule has 158 valence electrons. The largest absolute Gasteiger partial charge is 0.418 e. The number of nitrogens with one attached hydrogen (secondary N) is 1. The van der Waals surface area contributed by atoms with Gasteiger partial charge in [0.15, 0.2) is 5.82 Å². The summed E-state index contributed by atoms with van der Waals surface area (Å²) in [6, 6.07) is 8.12. The number of aromatic nitrogens is 5. The fourth-order valence-corrected chi connectivity index (χ4v) is 3.55. The molecular formula is C21H22N8O2. The fraction of sp³-hybridized carbons (Fsp3) is 0.286. The molecule has 1 aromatic carbocycles. The van der Waals surface area contributed by atoms with Gasteiger partial charge in [0.25, 0.3) is 11.9 Å². The monoisotopic (exact) mass is 418 g/mol. The van der Waals surface area contributed by atoms with E-state index in [2.05, 4.69) is 37.5 Å². The van der Waals surface area contributed by atoms with Crippen LogP contribution in [0.25, 0.3) is 22.0 Å². The van der Waals surface area contributed by atoms with E-state index >= 15 is 0 Å². The molecule has 0 aliphatic carbocycles. The molecule has 0 bridgehead atoms. The number of anilines is 2. The van der Waals surface area contributed by atoms with Crippen molar-refractivity contribution in [2.24, 2.45) is 7.05 Å². The molecule has 0 spiro atoms. The van der Waals surface area contributed by atoms with Crippen molar-refractivity contribution >= 4 is 28.6 Å². The fourth-order valence-electron chi connectivity index (χ4n) is 3.55. The molecule has 4 heterocycles. The van der Waals surface area contributed by atoms with Gasteiger partial charge in [-0.25, -0.2) is 4.98 Å². The van der Waals surface area contributed by atoms with Crippen molar-refractivity contribution < 1.29 is 9.21 Å². The van der Waals surface area contributed by atoms with Crippen LogP contribution in [-0.2, 0) is 7.05 Å². The van der Waals surface area contributed by atoms with Crippen LogP contribution in [0.3, 0.4) is 0 Å². The Morgan fingerprint density at radius 2 is 1.87 bits per heavy atom. The van der Waals surface area contributed by atoms with Crippen LogP contribution in [-0.4, -0.2) is 69.0 Å². The van der Waals surface area contributed by atoms with Crippen LogP contribution in [0.15, 0.2) is 47.3 Å². The first-order chi connectivity index (χ1) is 15.0. The van der Waals surface area contributed by atoms with E-state index in [9.17, 15) is 4.79 Å². The average molecular weight is 418 g/mol. The SMILES string of the molecule is CN1CCN(c2ncc(C(=O)Nc3cc4cc(-c5cnn(C)c5)ccc4nn3)o2)CC1. The molecule has 3 aromatic heterocycles. The lowest BCUT2D eigenvalue weighted by Gasteiger charge is -2.31. The topological polar surface area (TPSA) is 105 Å². The first kappa shape index (κ1) is 19.2. The zero-order valence-electron chi connectivity index (χ0n) is 17.3. The number of hydrogen-bond donors (Lipinski definition) is 1. The highest BCUT2D eigenvalue weighted by atomic mass is 16.4. The van der Waals surface area contributed by atoms with E-state index in [-0.39, 0.29) is 5.76 Å². The number of oxazole rings is 1. The van der Waals surface area contributed by atoms with E-state index in [0.717, 1.165) is 48.2 Å². The third kappa shape index (κ3) is 3.97. The zero-order chi connectivity index (χ0) is 21.4. The molecule has 1 saturated heterocycles. The molecule has 0 unspecified atom stereocenters. The van der Waals surface area contributed by atoms with Crippen molar-refractivity contribution in [1.82, 2.24) is 29.9 Å². The number of carbonyl (C=O) groups excluding carboxylic acids is 1. The molecular weight excluding hydrogens is 396 g/mol. The second kappa shape index (κ2) is 7.80. The molecule has 1 N–H and O–H groups in total. The van der Waals surface area contributed by atoms with Gasteiger partial charge in [-0.1, -0.05) is 6.07 Å². The minimum absolute atomic E-state index is 0.139. The summed E-state index contributed by atoms with van der Waals surface area (Å²) in [5, 5.41) is 16.1. The van der Waals surface area contributed by atoms with E-state index in [1.54, 1.807) is 16.9 Å². The van der Waals surface area contributed by atoms with Gasteiger partial charge in [-0.05, 0) is 30.8 Å². The van der Waals surface area contributed by atoms with Crippen LogP contribution >= 0.6 is 0 Å². The summed E-state index contributed by atoms with van der Waals surface area (Å²) in [6.45, 7) is 3.48. The van der Waals surface area contributed by atoms with Crippen LogP contribution < -0.4 is 10.2 Å². The number of fused-ring (bicyclic) bond motifs is 1. The maximum atomic E-state index is 12.6. The quantitative estimate of drug-likeness (QED) is 0.537. The number of carbonyl (C=O) groups is 1. The standard InChI is InChI=1S/C21H22N8O2/c1-27-5-7-29(8-6-27)21-22-12-18(31-21)20(30)24-19-10-15-9-14(3-4-17(15)25-26-19)16-11-23-28(2)13-16/h3-4,9-13H,5-8H2,1-2H3,(H,24,26,30). The molecule has 1 fully saturated rings. The highest BCUT2D eigenvalue weighted by Crippen LogP contribution is 2.24. The van der Waals surface area contributed by atoms with Gasteiger partial charge in [0.05, 0.1) is 17.9 Å². The summed E-state index contributed by atoms with van der Waals surface area (Å²) in [4.78, 5) is 21.2. The highest BCUT2D eigenvalue weighted by molar-refractivity contribution is 6.02. The smallest absolute Gasteiger partial charge is 0.298 e. The normalized spacial score (nSPS) is 14.8. The summed E-state index contributed by atoms with van der Waals surface area (Å²) in [5.74, 6) is 0.0725. The Morgan fingerprint density at radius 3 is 2.65 bits per heavy atom. The molecule has 31 heavy (non-hydrogen) atoms. The highest BCUT2D eigenvalue weighted by Gasteiger charge is 2.21. The van der Waals surface area contributed by atoms with E-state index < -0.39 is 5.91 Å². The van der Waals surface area contributed by atoms with Gasteiger partial charge in [-0.2, -0.15) is 5.10 Å². The lowest BCUT2D eigenvalue weighted by atomic mass is 10.1. The molecule has 4 aromatic rings. The molecule has 5 rings (SSSR count). The van der Waals surface area contributed by atoms with Gasteiger partial charge >= 0.3 is 0 Å². The Labute approximate surface area is 178 Å². The Balaban J connectivity index is 1.33. The minimum atomic E-state index is -0.412. The summed E-state index contributed by atoms with van der Waals surface area (Å²) >= 11 is 0. The van der Waals surface area contributed by atoms with Crippen molar-refractivity contribution in [2.75, 3.05) is 43.4 Å².